The molecule has 5 atom stereocenters. The van der Waals surface area contributed by atoms with Crippen LogP contribution in [0.4, 0.5) is 0 Å². The summed E-state index contributed by atoms with van der Waals surface area (Å²) in [5.74, 6) is -1.61. The molecule has 0 aliphatic heterocycles. The Kier molecular flexibility index (Phi) is 85.3. The van der Waals surface area contributed by atoms with Gasteiger partial charge >= 0.3 is 33.6 Å². The van der Waals surface area contributed by atoms with Crippen LogP contribution in [0.1, 0.15) is 355 Å². The van der Waals surface area contributed by atoms with Crippen LogP contribution in [-0.2, 0) is 55.8 Å². The van der Waals surface area contributed by atoms with Gasteiger partial charge in [-0.25, -0.2) is 9.13 Å². The molecule has 0 fully saturated rings. The van der Waals surface area contributed by atoms with Gasteiger partial charge in [0, 0.05) is 19.3 Å². The van der Waals surface area contributed by atoms with Gasteiger partial charge in [0.25, 0.3) is 0 Å². The van der Waals surface area contributed by atoms with E-state index < -0.39 is 91.5 Å². The smallest absolute Gasteiger partial charge is 0.463 e. The van der Waals surface area contributed by atoms with Crippen LogP contribution < -0.4 is 0 Å². The molecule has 666 valence electrons. The molecule has 0 saturated heterocycles. The van der Waals surface area contributed by atoms with E-state index in [9.17, 15) is 43.5 Å². The Hall–Kier alpha value is -5.61. The van der Waals surface area contributed by atoms with Gasteiger partial charge in [0.05, 0.1) is 26.4 Å². The third-order valence-electron chi connectivity index (χ3n) is 18.8. The Morgan fingerprint density at radius 3 is 0.675 bits per heavy atom. The van der Waals surface area contributed by atoms with Crippen molar-refractivity contribution < 1.29 is 75.8 Å². The summed E-state index contributed by atoms with van der Waals surface area (Å²) in [6, 6.07) is 0. The van der Waals surface area contributed by atoms with Crippen molar-refractivity contribution in [2.24, 2.45) is 0 Å². The van der Waals surface area contributed by atoms with Gasteiger partial charge in [0.15, 0.2) is 6.10 Å². The first-order valence-corrected chi connectivity index (χ1v) is 48.7. The molecule has 5 unspecified atom stereocenters. The van der Waals surface area contributed by atoms with Crippen molar-refractivity contribution in [1.29, 1.82) is 0 Å². The van der Waals surface area contributed by atoms with Gasteiger partial charge in [0.1, 0.15) is 25.4 Å². The van der Waals surface area contributed by atoms with Crippen molar-refractivity contribution in [3.8, 4) is 0 Å². The molecule has 117 heavy (non-hydrogen) atoms. The SMILES string of the molecule is CC/C=C\C/C=C\C/C=C\C/C=C\C/C=C\C/C=C\CCCCCCCCCCCCCCCCC(=O)OCC(O)COP(=O)(O)OCC(O)COP(=O)(O)OCC(COC(=O)CCCCCCCCCCCCCC/C=C\C/C=C\C/C=C\C/C=C\C/C=C\C/C=C\CC)OC(=O)CCCCCC/C=C\C/C=C\C/C=C\C/C=C\CC. The maximum absolute atomic E-state index is 13.0. The highest BCUT2D eigenvalue weighted by Crippen LogP contribution is 2.45. The zero-order chi connectivity index (χ0) is 85.1. The summed E-state index contributed by atoms with van der Waals surface area (Å²) in [4.78, 5) is 58.9. The number of allylic oxidation sites excluding steroid dienone is 32. The van der Waals surface area contributed by atoms with Crippen molar-refractivity contribution in [3.05, 3.63) is 194 Å². The molecule has 0 aromatic carbocycles. The number of hydrogen-bond acceptors (Lipinski definition) is 14. The van der Waals surface area contributed by atoms with Crippen LogP contribution in [0.3, 0.4) is 0 Å². The zero-order valence-corrected chi connectivity index (χ0v) is 75.1. The van der Waals surface area contributed by atoms with Crippen molar-refractivity contribution in [1.82, 2.24) is 0 Å². The molecule has 4 N–H and O–H groups in total. The molecule has 0 spiro atoms. The minimum absolute atomic E-state index is 0.0711. The largest absolute Gasteiger partial charge is 0.472 e. The second-order valence-electron chi connectivity index (χ2n) is 30.0. The predicted octanol–water partition coefficient (Wildman–Crippen LogP) is 28.2. The summed E-state index contributed by atoms with van der Waals surface area (Å²) in [6.07, 6.45) is 119. The van der Waals surface area contributed by atoms with Crippen molar-refractivity contribution in [2.45, 2.75) is 373 Å². The number of aliphatic hydroxyl groups excluding tert-OH is 2. The zero-order valence-electron chi connectivity index (χ0n) is 73.3. The van der Waals surface area contributed by atoms with Crippen LogP contribution in [0.5, 0.6) is 0 Å². The fourth-order valence-electron chi connectivity index (χ4n) is 12.0. The number of ether oxygens (including phenoxy) is 3. The topological polar surface area (TPSA) is 231 Å². The Bertz CT molecular complexity index is 2910. The quantitative estimate of drug-likeness (QED) is 0.0146. The van der Waals surface area contributed by atoms with Crippen LogP contribution in [0.2, 0.25) is 0 Å². The molecule has 0 saturated carbocycles. The first-order chi connectivity index (χ1) is 57.2. The highest BCUT2D eigenvalue weighted by molar-refractivity contribution is 7.47. The lowest BCUT2D eigenvalue weighted by molar-refractivity contribution is -0.161. The van der Waals surface area contributed by atoms with Gasteiger partial charge in [-0.2, -0.15) is 0 Å². The van der Waals surface area contributed by atoms with E-state index in [4.69, 9.17) is 32.3 Å². The minimum atomic E-state index is -4.95. The molecular formula is C99H164O16P2. The van der Waals surface area contributed by atoms with Gasteiger partial charge in [-0.15, -0.1) is 0 Å². The maximum atomic E-state index is 13.0. The van der Waals surface area contributed by atoms with Gasteiger partial charge in [-0.3, -0.25) is 32.5 Å². The first kappa shape index (κ1) is 111. The van der Waals surface area contributed by atoms with E-state index in [1.807, 2.05) is 0 Å². The maximum Gasteiger partial charge on any atom is 0.472 e. The number of carbonyl (C=O) groups is 3. The number of carbonyl (C=O) groups excluding carboxylic acids is 3. The van der Waals surface area contributed by atoms with E-state index in [0.29, 0.717) is 19.3 Å². The monoisotopic (exact) mass is 1670 g/mol. The van der Waals surface area contributed by atoms with E-state index >= 15 is 0 Å². The van der Waals surface area contributed by atoms with Crippen LogP contribution in [0, 0.1) is 0 Å². The summed E-state index contributed by atoms with van der Waals surface area (Å²) in [5.41, 5.74) is 0. The summed E-state index contributed by atoms with van der Waals surface area (Å²) < 4.78 is 61.4. The number of phosphoric ester groups is 2. The number of esters is 3. The molecule has 0 heterocycles. The first-order valence-electron chi connectivity index (χ1n) is 45.7. The summed E-state index contributed by atoms with van der Waals surface area (Å²) in [5, 5.41) is 20.7. The Balaban J connectivity index is 4.53. The van der Waals surface area contributed by atoms with Crippen LogP contribution >= 0.6 is 15.6 Å². The van der Waals surface area contributed by atoms with Gasteiger partial charge in [-0.1, -0.05) is 369 Å². The van der Waals surface area contributed by atoms with Crippen LogP contribution in [-0.4, -0.2) is 95.9 Å². The fraction of sp³-hybridized carbons (Fsp3) is 0.646. The highest BCUT2D eigenvalue weighted by atomic mass is 31.2. The molecule has 0 rings (SSSR count). The summed E-state index contributed by atoms with van der Waals surface area (Å²) in [7, 11) is -9.82. The molecule has 0 aliphatic carbocycles. The number of hydrogen-bond donors (Lipinski definition) is 4. The van der Waals surface area contributed by atoms with Gasteiger partial charge in [0.2, 0.25) is 0 Å². The molecule has 0 aromatic heterocycles. The third kappa shape index (κ3) is 91.0. The summed E-state index contributed by atoms with van der Waals surface area (Å²) in [6.45, 7) is 2.33. The van der Waals surface area contributed by atoms with E-state index in [-0.39, 0.29) is 19.3 Å². The average Bonchev–Trinajstić information content (AvgIpc) is 0.900. The molecule has 0 radical (unpaired) electrons. The van der Waals surface area contributed by atoms with Crippen LogP contribution in [0.15, 0.2) is 194 Å². The molecular weight excluding hydrogens is 1510 g/mol. The van der Waals surface area contributed by atoms with Crippen molar-refractivity contribution >= 4 is 33.6 Å². The standard InChI is InChI=1S/C99H164O16P2/c1-4-7-10-13-16-19-22-25-28-31-33-35-37-39-41-43-45-46-48-50-51-53-55-57-59-62-64-67-70-73-76-79-82-85-97(102)109-88-94(100)89-111-116(105,106)112-90-95(101)91-113-117(107,108)114-93-96(115-99(104)87-84-81-78-75-72-69-66-61-30-27-24-21-18-15-12-9-6-3)92-110-98(103)86-83-80-77-74-71-68-65-63-60-58-56-54-52-49-47-44-42-40-38-36-34-32-29-26-23-20-17-14-11-8-5-2/h7-12,16-21,25-30,33-36,39-42,45-47,49,66,69,94-96,100-101H,4-6,13-15,22-24,31-32,37-38,43-44,48,50-65,67-68,70-93H2,1-3H3,(H,105,106)(H,107,108)/b10-7-,11-8-,12-9-,19-16-,20-17-,21-18-,28-25-,29-26-,30-27-,35-33-,36-34-,41-39-,42-40-,46-45-,49-47-,69-66-. The van der Waals surface area contributed by atoms with E-state index in [1.165, 1.54) is 109 Å². The van der Waals surface area contributed by atoms with E-state index in [2.05, 4.69) is 215 Å². The molecule has 0 aromatic rings. The Labute approximate surface area is 712 Å². The lowest BCUT2D eigenvalue weighted by atomic mass is 10.0. The Morgan fingerprint density at radius 1 is 0.239 bits per heavy atom. The second-order valence-corrected chi connectivity index (χ2v) is 32.9. The third-order valence-corrected chi connectivity index (χ3v) is 20.7. The van der Waals surface area contributed by atoms with Gasteiger partial charge in [-0.05, 0) is 161 Å². The number of unbranched alkanes of at least 4 members (excludes halogenated alkanes) is 30. The number of rotatable bonds is 85. The molecule has 16 nitrogen and oxygen atoms in total. The summed E-state index contributed by atoms with van der Waals surface area (Å²) >= 11 is 0. The predicted molar refractivity (Wildman–Crippen MR) is 491 cm³/mol. The molecule has 0 aliphatic rings. The van der Waals surface area contributed by atoms with Crippen LogP contribution in [0.25, 0.3) is 0 Å². The molecule has 0 bridgehead atoms. The number of phosphoric acid groups is 2. The lowest BCUT2D eigenvalue weighted by Crippen LogP contribution is -2.30. The van der Waals surface area contributed by atoms with E-state index in [0.717, 1.165) is 186 Å². The highest BCUT2D eigenvalue weighted by Gasteiger charge is 2.29. The Morgan fingerprint density at radius 2 is 0.427 bits per heavy atom. The molecule has 18 heteroatoms. The minimum Gasteiger partial charge on any atom is -0.463 e. The van der Waals surface area contributed by atoms with E-state index in [1.54, 1.807) is 0 Å². The second kappa shape index (κ2) is 89.6. The van der Waals surface area contributed by atoms with Gasteiger partial charge < -0.3 is 34.2 Å². The molecule has 0 amide bonds. The van der Waals surface area contributed by atoms with Crippen molar-refractivity contribution in [3.63, 3.8) is 0 Å². The lowest BCUT2D eigenvalue weighted by Gasteiger charge is -2.21. The van der Waals surface area contributed by atoms with Crippen molar-refractivity contribution in [2.75, 3.05) is 39.6 Å². The average molecular weight is 1670 g/mol. The fourth-order valence-corrected chi connectivity index (χ4v) is 13.6. The normalized spacial score (nSPS) is 14.7. The number of aliphatic hydroxyl groups is 2.